The van der Waals surface area contributed by atoms with Gasteiger partial charge < -0.3 is 10.2 Å². The van der Waals surface area contributed by atoms with Crippen LogP contribution in [0.4, 0.5) is 0 Å². The predicted molar refractivity (Wildman–Crippen MR) is 66.0 cm³/mol. The van der Waals surface area contributed by atoms with Crippen molar-refractivity contribution in [2.75, 3.05) is 19.6 Å². The van der Waals surface area contributed by atoms with E-state index in [0.29, 0.717) is 11.9 Å². The Morgan fingerprint density at radius 2 is 2.00 bits per heavy atom. The molecule has 2 saturated heterocycles. The number of carbonyl (C=O) groups excluding carboxylic acids is 1. The van der Waals surface area contributed by atoms with Crippen LogP contribution < -0.4 is 5.32 Å². The number of nitrogens with one attached hydrogen (secondary N) is 1. The van der Waals surface area contributed by atoms with Gasteiger partial charge in [0.2, 0.25) is 5.91 Å². The molecule has 5 heteroatoms. The van der Waals surface area contributed by atoms with E-state index in [-0.39, 0.29) is 24.8 Å². The van der Waals surface area contributed by atoms with Crippen molar-refractivity contribution in [3.05, 3.63) is 0 Å². The molecule has 1 N–H and O–H groups in total. The summed E-state index contributed by atoms with van der Waals surface area (Å²) >= 11 is 0. The number of nitrogens with zero attached hydrogens (tertiary/aromatic N) is 1. The Balaban J connectivity index is 0.000000980. The minimum Gasteiger partial charge on any atom is -0.338 e. The van der Waals surface area contributed by atoms with Crippen LogP contribution in [-0.2, 0) is 4.79 Å². The van der Waals surface area contributed by atoms with Crippen molar-refractivity contribution in [1.29, 1.82) is 0 Å². The maximum Gasteiger partial charge on any atom is 0.222 e. The smallest absolute Gasteiger partial charge is 0.222 e. The molecule has 3 nitrogen and oxygen atoms in total. The normalized spacial score (nSPS) is 26.5. The molecule has 2 heterocycles. The zero-order valence-electron chi connectivity index (χ0n) is 8.91. The van der Waals surface area contributed by atoms with Gasteiger partial charge >= 0.3 is 0 Å². The van der Waals surface area contributed by atoms with Crippen molar-refractivity contribution in [2.45, 2.75) is 38.1 Å². The third-order valence-corrected chi connectivity index (χ3v) is 3.07. The van der Waals surface area contributed by atoms with Crippen LogP contribution >= 0.6 is 24.8 Å². The molecule has 0 aromatic rings. The maximum atomic E-state index is 11.6. The lowest BCUT2D eigenvalue weighted by molar-refractivity contribution is -0.136. The van der Waals surface area contributed by atoms with Gasteiger partial charge in [0, 0.05) is 25.6 Å². The first-order valence-corrected chi connectivity index (χ1v) is 5.38. The van der Waals surface area contributed by atoms with Crippen LogP contribution in [-0.4, -0.2) is 36.5 Å². The van der Waals surface area contributed by atoms with E-state index in [1.807, 2.05) is 0 Å². The third kappa shape index (κ3) is 3.82. The molecule has 0 aromatic heterocycles. The molecule has 2 aliphatic heterocycles. The third-order valence-electron chi connectivity index (χ3n) is 3.07. The lowest BCUT2D eigenvalue weighted by atomic mass is 10.0. The highest BCUT2D eigenvalue weighted by molar-refractivity contribution is 5.85. The largest absolute Gasteiger partial charge is 0.338 e. The summed E-state index contributed by atoms with van der Waals surface area (Å²) < 4.78 is 0. The highest BCUT2D eigenvalue weighted by atomic mass is 35.5. The highest BCUT2D eigenvalue weighted by Crippen LogP contribution is 2.17. The lowest BCUT2D eigenvalue weighted by Crippen LogP contribution is -2.50. The number of rotatable bonds is 1. The van der Waals surface area contributed by atoms with Gasteiger partial charge in [-0.05, 0) is 32.2 Å². The average molecular weight is 255 g/mol. The summed E-state index contributed by atoms with van der Waals surface area (Å²) in [5.41, 5.74) is 0. The van der Waals surface area contributed by atoms with Crippen molar-refractivity contribution in [1.82, 2.24) is 10.2 Å². The van der Waals surface area contributed by atoms with Crippen molar-refractivity contribution >= 4 is 30.7 Å². The number of piperidine rings is 2. The fourth-order valence-electron chi connectivity index (χ4n) is 2.31. The van der Waals surface area contributed by atoms with E-state index in [4.69, 9.17) is 0 Å². The lowest BCUT2D eigenvalue weighted by Gasteiger charge is -2.37. The summed E-state index contributed by atoms with van der Waals surface area (Å²) in [6.07, 6.45) is 5.47. The Labute approximate surface area is 104 Å². The van der Waals surface area contributed by atoms with E-state index in [9.17, 15) is 4.79 Å². The first kappa shape index (κ1) is 15.0. The van der Waals surface area contributed by atoms with Gasteiger partial charge in [0.1, 0.15) is 0 Å². The summed E-state index contributed by atoms with van der Waals surface area (Å²) in [6.45, 7) is 3.12. The molecule has 0 aromatic carbocycles. The van der Waals surface area contributed by atoms with Crippen LogP contribution in [0.3, 0.4) is 0 Å². The minimum absolute atomic E-state index is 0. The molecule has 1 amide bonds. The summed E-state index contributed by atoms with van der Waals surface area (Å²) in [5.74, 6) is 0.375. The highest BCUT2D eigenvalue weighted by Gasteiger charge is 2.26. The maximum absolute atomic E-state index is 11.6. The quantitative estimate of drug-likeness (QED) is 0.771. The number of hydrogen-bond donors (Lipinski definition) is 1. The molecule has 0 bridgehead atoms. The SMILES string of the molecule is Cl.Cl.O=C1CCCCN1C1CCCNC1. The molecule has 90 valence electrons. The molecule has 2 aliphatic rings. The Hall–Kier alpha value is 0.01000. The molecule has 2 fully saturated rings. The van der Waals surface area contributed by atoms with Crippen molar-refractivity contribution in [3.63, 3.8) is 0 Å². The first-order chi connectivity index (χ1) is 6.38. The van der Waals surface area contributed by atoms with Gasteiger partial charge in [0.25, 0.3) is 0 Å². The Morgan fingerprint density at radius 3 is 2.60 bits per heavy atom. The average Bonchev–Trinajstić information content (AvgIpc) is 2.20. The van der Waals surface area contributed by atoms with E-state index in [2.05, 4.69) is 10.2 Å². The van der Waals surface area contributed by atoms with Crippen LogP contribution in [0.25, 0.3) is 0 Å². The molecule has 1 atom stereocenters. The number of likely N-dealkylation sites (tertiary alicyclic amines) is 1. The molecular weight excluding hydrogens is 235 g/mol. The van der Waals surface area contributed by atoms with Crippen molar-refractivity contribution in [3.8, 4) is 0 Å². The zero-order chi connectivity index (χ0) is 9.10. The van der Waals surface area contributed by atoms with Crippen LogP contribution in [0.5, 0.6) is 0 Å². The number of carbonyl (C=O) groups is 1. The van der Waals surface area contributed by atoms with E-state index in [0.717, 1.165) is 32.5 Å². The summed E-state index contributed by atoms with van der Waals surface area (Å²) in [4.78, 5) is 13.7. The standard InChI is InChI=1S/C10H18N2O.2ClH/c13-10-5-1-2-7-12(10)9-4-3-6-11-8-9;;/h9,11H,1-8H2;2*1H. The van der Waals surface area contributed by atoms with E-state index in [1.54, 1.807) is 0 Å². The molecule has 0 saturated carbocycles. The van der Waals surface area contributed by atoms with Gasteiger partial charge in [0.15, 0.2) is 0 Å². The van der Waals surface area contributed by atoms with Gasteiger partial charge in [-0.3, -0.25) is 4.79 Å². The van der Waals surface area contributed by atoms with Gasteiger partial charge in [-0.15, -0.1) is 24.8 Å². The van der Waals surface area contributed by atoms with Crippen molar-refractivity contribution < 1.29 is 4.79 Å². The van der Waals surface area contributed by atoms with Gasteiger partial charge in [-0.2, -0.15) is 0 Å². The molecule has 15 heavy (non-hydrogen) atoms. The molecule has 0 radical (unpaired) electrons. The predicted octanol–water partition coefficient (Wildman–Crippen LogP) is 1.59. The summed E-state index contributed by atoms with van der Waals surface area (Å²) in [6, 6.07) is 0.488. The number of halogens is 2. The zero-order valence-corrected chi connectivity index (χ0v) is 10.5. The summed E-state index contributed by atoms with van der Waals surface area (Å²) in [5, 5.41) is 3.36. The van der Waals surface area contributed by atoms with E-state index >= 15 is 0 Å². The molecular formula is C10H20Cl2N2O. The van der Waals surface area contributed by atoms with E-state index < -0.39 is 0 Å². The second kappa shape index (κ2) is 7.31. The van der Waals surface area contributed by atoms with Crippen LogP contribution in [0.2, 0.25) is 0 Å². The number of hydrogen-bond acceptors (Lipinski definition) is 2. The first-order valence-electron chi connectivity index (χ1n) is 5.38. The summed E-state index contributed by atoms with van der Waals surface area (Å²) in [7, 11) is 0. The van der Waals surface area contributed by atoms with E-state index in [1.165, 1.54) is 19.3 Å². The molecule has 2 rings (SSSR count). The second-order valence-electron chi connectivity index (χ2n) is 4.04. The van der Waals surface area contributed by atoms with Crippen LogP contribution in [0.15, 0.2) is 0 Å². The fraction of sp³-hybridized carbons (Fsp3) is 0.900. The van der Waals surface area contributed by atoms with Gasteiger partial charge in [0.05, 0.1) is 0 Å². The molecule has 0 aliphatic carbocycles. The fourth-order valence-corrected chi connectivity index (χ4v) is 2.31. The topological polar surface area (TPSA) is 32.3 Å². The second-order valence-corrected chi connectivity index (χ2v) is 4.04. The molecule has 0 spiro atoms. The Morgan fingerprint density at radius 1 is 1.20 bits per heavy atom. The van der Waals surface area contributed by atoms with Gasteiger partial charge in [-0.25, -0.2) is 0 Å². The van der Waals surface area contributed by atoms with Crippen LogP contribution in [0, 0.1) is 0 Å². The van der Waals surface area contributed by atoms with Crippen LogP contribution in [0.1, 0.15) is 32.1 Å². The van der Waals surface area contributed by atoms with Gasteiger partial charge in [-0.1, -0.05) is 0 Å². The Bertz CT molecular complexity index is 196. The number of amides is 1. The monoisotopic (exact) mass is 254 g/mol. The van der Waals surface area contributed by atoms with Crippen molar-refractivity contribution in [2.24, 2.45) is 0 Å². The molecule has 1 unspecified atom stereocenters. The Kier molecular flexibility index (Phi) is 7.32. The minimum atomic E-state index is 0.